The van der Waals surface area contributed by atoms with Gasteiger partial charge in [-0.15, -0.1) is 0 Å². The van der Waals surface area contributed by atoms with Gasteiger partial charge in [-0.3, -0.25) is 9.78 Å². The minimum atomic E-state index is 0.0476. The monoisotopic (exact) mass is 278 g/mol. The van der Waals surface area contributed by atoms with Crippen LogP contribution in [0.15, 0.2) is 67.1 Å². The summed E-state index contributed by atoms with van der Waals surface area (Å²) in [5.41, 5.74) is 2.32. The van der Waals surface area contributed by atoms with Crippen molar-refractivity contribution < 1.29 is 4.79 Å². The number of hydrogen-bond acceptors (Lipinski definition) is 3. The van der Waals surface area contributed by atoms with Crippen molar-refractivity contribution in [3.05, 3.63) is 78.3 Å². The fraction of sp³-hybridized carbons (Fsp3) is 0.222. The maximum absolute atomic E-state index is 11.8. The fourth-order valence-corrected chi connectivity index (χ4v) is 2.80. The number of carbonyl (C=O) groups excluding carboxylic acids is 1. The van der Waals surface area contributed by atoms with Crippen molar-refractivity contribution in [2.45, 2.75) is 25.4 Å². The predicted molar refractivity (Wildman–Crippen MR) is 82.4 cm³/mol. The number of carbonyl (C=O) groups is 1. The van der Waals surface area contributed by atoms with Crippen molar-refractivity contribution in [3.8, 4) is 0 Å². The zero-order valence-electron chi connectivity index (χ0n) is 12.0. The maximum atomic E-state index is 11.8. The quantitative estimate of drug-likeness (QED) is 0.858. The highest BCUT2D eigenvalue weighted by Crippen LogP contribution is 2.35. The molecule has 106 valence electrons. The summed E-state index contributed by atoms with van der Waals surface area (Å²) in [5.74, 6) is 0.167. The number of rotatable bonds is 3. The lowest BCUT2D eigenvalue weighted by Crippen LogP contribution is -2.31. The zero-order chi connectivity index (χ0) is 14.7. The van der Waals surface area contributed by atoms with Gasteiger partial charge in [-0.2, -0.15) is 0 Å². The van der Waals surface area contributed by atoms with Gasteiger partial charge in [0.25, 0.3) is 0 Å². The van der Waals surface area contributed by atoms with Gasteiger partial charge >= 0.3 is 0 Å². The third kappa shape index (κ3) is 2.87. The van der Waals surface area contributed by atoms with Gasteiger partial charge in [-0.1, -0.05) is 36.4 Å². The Morgan fingerprint density at radius 3 is 2.71 bits per heavy atom. The molecule has 2 unspecified atom stereocenters. The molecule has 1 aliphatic heterocycles. The number of pyridine rings is 1. The van der Waals surface area contributed by atoms with E-state index < -0.39 is 0 Å². The Hall–Kier alpha value is -2.42. The Kier molecular flexibility index (Phi) is 3.82. The largest absolute Gasteiger partial charge is 0.363 e. The number of nitrogens with zero attached hydrogens (tertiary/aromatic N) is 2. The van der Waals surface area contributed by atoms with Crippen LogP contribution in [0.25, 0.3) is 0 Å². The topological polar surface area (TPSA) is 33.2 Å². The summed E-state index contributed by atoms with van der Waals surface area (Å²) in [4.78, 5) is 18.3. The Balaban J connectivity index is 1.94. The molecule has 21 heavy (non-hydrogen) atoms. The van der Waals surface area contributed by atoms with Crippen molar-refractivity contribution in [1.82, 2.24) is 9.88 Å². The van der Waals surface area contributed by atoms with Gasteiger partial charge in [0, 0.05) is 25.0 Å². The number of aromatic nitrogens is 1. The number of allylic oxidation sites excluding steroid dienone is 1. The van der Waals surface area contributed by atoms with E-state index in [-0.39, 0.29) is 17.9 Å². The first-order valence-corrected chi connectivity index (χ1v) is 7.19. The second kappa shape index (κ2) is 5.92. The molecule has 0 spiro atoms. The molecule has 0 bridgehead atoms. The Bertz CT molecular complexity index is 637. The average Bonchev–Trinajstić information content (AvgIpc) is 2.56. The number of ketones is 1. The van der Waals surface area contributed by atoms with Gasteiger partial charge < -0.3 is 4.90 Å². The summed E-state index contributed by atoms with van der Waals surface area (Å²) in [6.45, 7) is 2.17. The lowest BCUT2D eigenvalue weighted by Gasteiger charge is -2.38. The predicted octanol–water partition coefficient (Wildman–Crippen LogP) is 3.67. The fourth-order valence-electron chi connectivity index (χ4n) is 2.80. The van der Waals surface area contributed by atoms with Gasteiger partial charge in [-0.05, 0) is 30.2 Å². The minimum absolute atomic E-state index is 0.0476. The van der Waals surface area contributed by atoms with Gasteiger partial charge in [0.2, 0.25) is 0 Å². The van der Waals surface area contributed by atoms with E-state index in [1.54, 1.807) is 12.3 Å². The highest BCUT2D eigenvalue weighted by atomic mass is 16.1. The second-order valence-corrected chi connectivity index (χ2v) is 5.32. The van der Waals surface area contributed by atoms with Gasteiger partial charge in [0.05, 0.1) is 12.1 Å². The molecule has 3 rings (SSSR count). The van der Waals surface area contributed by atoms with E-state index in [2.05, 4.69) is 28.9 Å². The number of hydrogen-bond donors (Lipinski definition) is 0. The van der Waals surface area contributed by atoms with E-state index in [9.17, 15) is 4.79 Å². The van der Waals surface area contributed by atoms with Crippen LogP contribution in [0, 0.1) is 0 Å². The number of benzene rings is 1. The van der Waals surface area contributed by atoms with Crippen LogP contribution >= 0.6 is 0 Å². The summed E-state index contributed by atoms with van der Waals surface area (Å²) >= 11 is 0. The first-order valence-electron chi connectivity index (χ1n) is 7.19. The van der Waals surface area contributed by atoms with Crippen LogP contribution in [0.1, 0.15) is 36.6 Å². The van der Waals surface area contributed by atoms with Gasteiger partial charge in [-0.25, -0.2) is 0 Å². The Labute approximate surface area is 124 Å². The molecule has 0 fully saturated rings. The molecule has 1 aromatic carbocycles. The minimum Gasteiger partial charge on any atom is -0.363 e. The molecule has 0 radical (unpaired) electrons. The molecular formula is C18H18N2O. The molecular weight excluding hydrogens is 260 g/mol. The van der Waals surface area contributed by atoms with Crippen LogP contribution in [0.5, 0.6) is 0 Å². The third-order valence-electron chi connectivity index (χ3n) is 3.99. The summed E-state index contributed by atoms with van der Waals surface area (Å²) in [6, 6.07) is 14.6. The van der Waals surface area contributed by atoms with Gasteiger partial charge in [0.15, 0.2) is 5.78 Å². The van der Waals surface area contributed by atoms with Crippen LogP contribution in [0.3, 0.4) is 0 Å². The van der Waals surface area contributed by atoms with E-state index in [4.69, 9.17) is 0 Å². The smallest absolute Gasteiger partial charge is 0.159 e. The summed E-state index contributed by atoms with van der Waals surface area (Å²) in [7, 11) is 0. The molecule has 3 heteroatoms. The highest BCUT2D eigenvalue weighted by Gasteiger charge is 2.28. The van der Waals surface area contributed by atoms with Crippen molar-refractivity contribution >= 4 is 5.78 Å². The van der Waals surface area contributed by atoms with Crippen LogP contribution in [0.4, 0.5) is 0 Å². The normalized spacial score (nSPS) is 19.6. The third-order valence-corrected chi connectivity index (χ3v) is 3.99. The molecule has 2 aromatic rings. The van der Waals surface area contributed by atoms with Crippen LogP contribution in [-0.4, -0.2) is 15.7 Å². The van der Waals surface area contributed by atoms with Crippen LogP contribution < -0.4 is 0 Å². The highest BCUT2D eigenvalue weighted by molar-refractivity contribution is 5.90. The van der Waals surface area contributed by atoms with E-state index in [0.29, 0.717) is 6.42 Å². The van der Waals surface area contributed by atoms with E-state index in [1.165, 1.54) is 5.56 Å². The molecule has 1 aromatic heterocycles. The van der Waals surface area contributed by atoms with Crippen LogP contribution in [0.2, 0.25) is 0 Å². The molecule has 0 amide bonds. The van der Waals surface area contributed by atoms with Gasteiger partial charge in [0.1, 0.15) is 0 Å². The Morgan fingerprint density at radius 2 is 2.00 bits per heavy atom. The first kappa shape index (κ1) is 13.6. The summed E-state index contributed by atoms with van der Waals surface area (Å²) in [6.07, 6.45) is 7.70. The molecule has 3 nitrogen and oxygen atoms in total. The Morgan fingerprint density at radius 1 is 1.19 bits per heavy atom. The van der Waals surface area contributed by atoms with Crippen molar-refractivity contribution in [1.29, 1.82) is 0 Å². The summed E-state index contributed by atoms with van der Waals surface area (Å²) < 4.78 is 0. The lowest BCUT2D eigenvalue weighted by molar-refractivity contribution is -0.116. The van der Waals surface area contributed by atoms with Crippen molar-refractivity contribution in [3.63, 3.8) is 0 Å². The SMILES string of the molecule is CC(c1ccccc1)N1C=CC(=O)CC1c1cccnc1. The second-order valence-electron chi connectivity index (χ2n) is 5.32. The van der Waals surface area contributed by atoms with Crippen molar-refractivity contribution in [2.24, 2.45) is 0 Å². The molecule has 2 atom stereocenters. The molecule has 0 saturated carbocycles. The molecule has 2 heterocycles. The average molecular weight is 278 g/mol. The van der Waals surface area contributed by atoms with Crippen molar-refractivity contribution in [2.75, 3.05) is 0 Å². The zero-order valence-corrected chi connectivity index (χ0v) is 12.0. The molecule has 0 saturated heterocycles. The maximum Gasteiger partial charge on any atom is 0.159 e. The standard InChI is InChI=1S/C18H18N2O/c1-14(15-6-3-2-4-7-15)20-11-9-17(21)12-18(20)16-8-5-10-19-13-16/h2-11,13-14,18H,12H2,1H3. The van der Waals surface area contributed by atoms with E-state index in [1.807, 2.05) is 42.7 Å². The molecule has 1 aliphatic rings. The van der Waals surface area contributed by atoms with E-state index in [0.717, 1.165) is 5.56 Å². The molecule has 0 aliphatic carbocycles. The molecule has 0 N–H and O–H groups in total. The first-order chi connectivity index (χ1) is 10.3. The lowest BCUT2D eigenvalue weighted by atomic mass is 9.95. The van der Waals surface area contributed by atoms with E-state index >= 15 is 0 Å². The van der Waals surface area contributed by atoms with Crippen LogP contribution in [-0.2, 0) is 4.79 Å². The summed E-state index contributed by atoms with van der Waals surface area (Å²) in [5, 5.41) is 0.